The Balaban J connectivity index is 1.25. The third kappa shape index (κ3) is 7.27. The molecule has 206 valence electrons. The molecular weight excluding hydrogens is 512 g/mol. The van der Waals surface area contributed by atoms with Crippen LogP contribution in [0.25, 0.3) is 0 Å². The zero-order valence-corrected chi connectivity index (χ0v) is 20.5. The Labute approximate surface area is 216 Å². The number of carbonyl (C=O) groups is 2. The molecule has 38 heavy (non-hydrogen) atoms. The number of amides is 2. The monoisotopic (exact) mass is 541 g/mol. The minimum absolute atomic E-state index is 0.0220. The van der Waals surface area contributed by atoms with E-state index in [4.69, 9.17) is 0 Å². The molecule has 1 saturated carbocycles. The minimum Gasteiger partial charge on any atom is -0.352 e. The summed E-state index contributed by atoms with van der Waals surface area (Å²) >= 11 is 0. The van der Waals surface area contributed by atoms with Crippen molar-refractivity contribution in [3.8, 4) is 0 Å². The molecule has 1 aliphatic heterocycles. The van der Waals surface area contributed by atoms with Crippen LogP contribution < -0.4 is 16.0 Å². The first kappa shape index (κ1) is 27.9. The second kappa shape index (κ2) is 11.3. The van der Waals surface area contributed by atoms with Crippen LogP contribution in [0.2, 0.25) is 0 Å². The van der Waals surface area contributed by atoms with Crippen molar-refractivity contribution in [2.75, 3.05) is 11.9 Å². The van der Waals surface area contributed by atoms with Crippen molar-refractivity contribution in [1.29, 1.82) is 0 Å². The van der Waals surface area contributed by atoms with Crippen molar-refractivity contribution in [2.24, 2.45) is 5.92 Å². The van der Waals surface area contributed by atoms with Gasteiger partial charge in [0.15, 0.2) is 0 Å². The first-order valence-electron chi connectivity index (χ1n) is 12.6. The Morgan fingerprint density at radius 1 is 0.868 bits per heavy atom. The maximum atomic E-state index is 13.1. The maximum absolute atomic E-state index is 13.1. The van der Waals surface area contributed by atoms with Crippen molar-refractivity contribution >= 4 is 17.5 Å². The second-order valence-electron chi connectivity index (χ2n) is 10.1. The number of halogens is 6. The molecular formula is C27H29F6N3O2. The van der Waals surface area contributed by atoms with Gasteiger partial charge >= 0.3 is 12.4 Å². The number of rotatable bonds is 6. The average Bonchev–Trinajstić information content (AvgIpc) is 3.35. The van der Waals surface area contributed by atoms with Crippen molar-refractivity contribution in [1.82, 2.24) is 10.6 Å². The zero-order chi connectivity index (χ0) is 27.5. The van der Waals surface area contributed by atoms with Gasteiger partial charge in [0.25, 0.3) is 0 Å². The Morgan fingerprint density at radius 2 is 1.47 bits per heavy atom. The van der Waals surface area contributed by atoms with Crippen molar-refractivity contribution in [3.63, 3.8) is 0 Å². The number of hydrogen-bond donors (Lipinski definition) is 3. The number of carbonyl (C=O) groups excluding carboxylic acids is 2. The predicted octanol–water partition coefficient (Wildman–Crippen LogP) is 5.87. The summed E-state index contributed by atoms with van der Waals surface area (Å²) in [5, 5.41) is 8.54. The zero-order valence-electron chi connectivity index (χ0n) is 20.5. The molecule has 0 radical (unpaired) electrons. The SMILES string of the molecule is O=C(C[C@H]1CC[C@@H](NC(=O)[C@@H]2C[C@H](c3ccccc3)CN2)CC1)Nc1cc(C(F)(F)F)cc(C(F)(F)F)c1. The lowest BCUT2D eigenvalue weighted by atomic mass is 9.83. The quantitative estimate of drug-likeness (QED) is 0.401. The maximum Gasteiger partial charge on any atom is 0.416 e. The molecule has 4 rings (SSSR count). The normalized spacial score (nSPS) is 24.2. The van der Waals surface area contributed by atoms with Crippen LogP contribution >= 0.6 is 0 Å². The summed E-state index contributed by atoms with van der Waals surface area (Å²) in [6, 6.07) is 10.7. The molecule has 2 aliphatic rings. The summed E-state index contributed by atoms with van der Waals surface area (Å²) in [6.07, 6.45) is -6.79. The Hall–Kier alpha value is -3.08. The van der Waals surface area contributed by atoms with Crippen molar-refractivity contribution in [2.45, 2.75) is 68.9 Å². The summed E-state index contributed by atoms with van der Waals surface area (Å²) in [7, 11) is 0. The highest BCUT2D eigenvalue weighted by Gasteiger charge is 2.37. The van der Waals surface area contributed by atoms with E-state index in [2.05, 4.69) is 16.0 Å². The lowest BCUT2D eigenvalue weighted by molar-refractivity contribution is -0.143. The van der Waals surface area contributed by atoms with Crippen LogP contribution in [0.4, 0.5) is 32.0 Å². The highest BCUT2D eigenvalue weighted by atomic mass is 19.4. The molecule has 1 aliphatic carbocycles. The van der Waals surface area contributed by atoms with E-state index in [0.717, 1.165) is 6.54 Å². The van der Waals surface area contributed by atoms with Gasteiger partial charge in [-0.1, -0.05) is 30.3 Å². The highest BCUT2D eigenvalue weighted by Crippen LogP contribution is 2.38. The number of hydrogen-bond acceptors (Lipinski definition) is 3. The van der Waals surface area contributed by atoms with E-state index in [-0.39, 0.29) is 42.3 Å². The van der Waals surface area contributed by atoms with Gasteiger partial charge in [0, 0.05) is 24.7 Å². The van der Waals surface area contributed by atoms with Gasteiger partial charge in [-0.3, -0.25) is 9.59 Å². The lowest BCUT2D eigenvalue weighted by Gasteiger charge is -2.29. The summed E-state index contributed by atoms with van der Waals surface area (Å²) in [5.41, 5.74) is -2.32. The Kier molecular flexibility index (Phi) is 8.34. The van der Waals surface area contributed by atoms with Crippen LogP contribution in [-0.2, 0) is 21.9 Å². The largest absolute Gasteiger partial charge is 0.416 e. The fraction of sp³-hybridized carbons (Fsp3) is 0.481. The lowest BCUT2D eigenvalue weighted by Crippen LogP contribution is -2.46. The van der Waals surface area contributed by atoms with Gasteiger partial charge in [0.1, 0.15) is 0 Å². The third-order valence-corrected chi connectivity index (χ3v) is 7.26. The molecule has 1 heterocycles. The molecule has 5 nitrogen and oxygen atoms in total. The smallest absolute Gasteiger partial charge is 0.352 e. The van der Waals surface area contributed by atoms with Gasteiger partial charge in [-0.2, -0.15) is 26.3 Å². The van der Waals surface area contributed by atoms with E-state index in [1.165, 1.54) is 5.56 Å². The minimum atomic E-state index is -4.99. The van der Waals surface area contributed by atoms with Gasteiger partial charge in [-0.05, 0) is 67.7 Å². The Bertz CT molecular complexity index is 1100. The summed E-state index contributed by atoms with van der Waals surface area (Å²) in [6.45, 7) is 0.723. The van der Waals surface area contributed by atoms with Gasteiger partial charge in [-0.25, -0.2) is 0 Å². The van der Waals surface area contributed by atoms with E-state index in [1.807, 2.05) is 30.3 Å². The molecule has 2 fully saturated rings. The average molecular weight is 542 g/mol. The van der Waals surface area contributed by atoms with Crippen LogP contribution in [0.3, 0.4) is 0 Å². The standard InChI is InChI=1S/C27H29F6N3O2/c28-26(29,30)19-12-20(27(31,32)33)14-22(13-19)35-24(37)10-16-6-8-21(9-7-16)36-25(38)23-11-18(15-34-23)17-4-2-1-3-5-17/h1-5,12-14,16,18,21,23,34H,6-11,15H2,(H,35,37)(H,36,38)/t16-,18-,21+,23-/m0/s1. The van der Waals surface area contributed by atoms with Crippen LogP contribution in [-0.4, -0.2) is 30.4 Å². The molecule has 0 spiro atoms. The molecule has 2 aromatic rings. The predicted molar refractivity (Wildman–Crippen MR) is 129 cm³/mol. The fourth-order valence-electron chi connectivity index (χ4n) is 5.23. The van der Waals surface area contributed by atoms with E-state index in [1.54, 1.807) is 0 Å². The summed E-state index contributed by atoms with van der Waals surface area (Å²) in [5.74, 6) is -0.518. The first-order chi connectivity index (χ1) is 17.9. The van der Waals surface area contributed by atoms with E-state index >= 15 is 0 Å². The van der Waals surface area contributed by atoms with E-state index in [9.17, 15) is 35.9 Å². The van der Waals surface area contributed by atoms with Crippen LogP contribution in [0.5, 0.6) is 0 Å². The molecule has 11 heteroatoms. The molecule has 2 amide bonds. The van der Waals surface area contributed by atoms with E-state index in [0.29, 0.717) is 44.2 Å². The first-order valence-corrected chi connectivity index (χ1v) is 12.6. The van der Waals surface area contributed by atoms with Gasteiger partial charge in [0.05, 0.1) is 17.2 Å². The number of anilines is 1. The Morgan fingerprint density at radius 3 is 2.05 bits per heavy atom. The third-order valence-electron chi connectivity index (χ3n) is 7.26. The fourth-order valence-corrected chi connectivity index (χ4v) is 5.23. The van der Waals surface area contributed by atoms with E-state index < -0.39 is 35.1 Å². The van der Waals surface area contributed by atoms with Gasteiger partial charge < -0.3 is 16.0 Å². The molecule has 0 unspecified atom stereocenters. The van der Waals surface area contributed by atoms with Crippen LogP contribution in [0.1, 0.15) is 61.1 Å². The molecule has 0 bridgehead atoms. The second-order valence-corrected chi connectivity index (χ2v) is 10.1. The molecule has 0 aromatic heterocycles. The van der Waals surface area contributed by atoms with Crippen molar-refractivity contribution in [3.05, 3.63) is 65.2 Å². The topological polar surface area (TPSA) is 70.2 Å². The van der Waals surface area contributed by atoms with Crippen LogP contribution in [0, 0.1) is 5.92 Å². The molecule has 1 saturated heterocycles. The number of alkyl halides is 6. The summed E-state index contributed by atoms with van der Waals surface area (Å²) < 4.78 is 78.3. The number of benzene rings is 2. The van der Waals surface area contributed by atoms with Crippen LogP contribution in [0.15, 0.2) is 48.5 Å². The van der Waals surface area contributed by atoms with Gasteiger partial charge in [0.2, 0.25) is 11.8 Å². The summed E-state index contributed by atoms with van der Waals surface area (Å²) in [4.78, 5) is 25.2. The van der Waals surface area contributed by atoms with Gasteiger partial charge in [-0.15, -0.1) is 0 Å². The highest BCUT2D eigenvalue weighted by molar-refractivity contribution is 5.91. The molecule has 3 N–H and O–H groups in total. The number of nitrogens with one attached hydrogen (secondary N) is 3. The molecule has 2 atom stereocenters. The molecule has 2 aromatic carbocycles. The van der Waals surface area contributed by atoms with Crippen molar-refractivity contribution < 1.29 is 35.9 Å².